The van der Waals surface area contributed by atoms with Gasteiger partial charge in [0.2, 0.25) is 0 Å². The Bertz CT molecular complexity index is 637. The number of aromatic nitrogens is 2. The van der Waals surface area contributed by atoms with E-state index < -0.39 is 0 Å². The van der Waals surface area contributed by atoms with E-state index in [0.29, 0.717) is 15.9 Å². The number of rotatable bonds is 5. The molecule has 0 radical (unpaired) electrons. The van der Waals surface area contributed by atoms with Crippen LogP contribution in [0.25, 0.3) is 11.0 Å². The average molecular weight is 376 g/mol. The number of benzene rings is 1. The highest BCUT2D eigenvalue weighted by Gasteiger charge is 2.20. The van der Waals surface area contributed by atoms with Gasteiger partial charge >= 0.3 is 0 Å². The second-order valence-corrected chi connectivity index (χ2v) is 7.54. The molecule has 5 heteroatoms. The summed E-state index contributed by atoms with van der Waals surface area (Å²) in [7, 11) is 0. The molecule has 2 atom stereocenters. The molecule has 0 aliphatic rings. The predicted octanol–water partition coefficient (Wildman–Crippen LogP) is 6.23. The van der Waals surface area contributed by atoms with Crippen LogP contribution in [0.4, 0.5) is 4.39 Å². The van der Waals surface area contributed by atoms with Gasteiger partial charge in [0.05, 0.1) is 20.9 Å². The molecule has 0 spiro atoms. The predicted molar refractivity (Wildman–Crippen MR) is 90.4 cm³/mol. The average Bonchev–Trinajstić information content (AvgIpc) is 2.75. The normalized spacial score (nSPS) is 14.9. The maximum atomic E-state index is 13.7. The number of halogens is 3. The van der Waals surface area contributed by atoms with E-state index in [0.717, 1.165) is 24.2 Å². The van der Waals surface area contributed by atoms with Crippen LogP contribution in [0.1, 0.15) is 57.8 Å². The van der Waals surface area contributed by atoms with Crippen molar-refractivity contribution in [1.29, 1.82) is 0 Å². The lowest BCUT2D eigenvalue weighted by Gasteiger charge is -2.19. The Balaban J connectivity index is 2.52. The van der Waals surface area contributed by atoms with Crippen LogP contribution in [0.3, 0.4) is 0 Å². The summed E-state index contributed by atoms with van der Waals surface area (Å²) < 4.78 is 16.3. The first kappa shape index (κ1) is 16.8. The second kappa shape index (κ2) is 6.66. The van der Waals surface area contributed by atoms with Crippen LogP contribution < -0.4 is 0 Å². The van der Waals surface area contributed by atoms with Crippen molar-refractivity contribution in [2.24, 2.45) is 5.92 Å². The molecule has 2 unspecified atom stereocenters. The van der Waals surface area contributed by atoms with Gasteiger partial charge in [0, 0.05) is 12.1 Å². The number of imidazole rings is 1. The summed E-state index contributed by atoms with van der Waals surface area (Å²) in [6.07, 6.45) is 2.19. The molecule has 2 nitrogen and oxygen atoms in total. The Morgan fingerprint density at radius 1 is 1.24 bits per heavy atom. The first-order chi connectivity index (χ1) is 9.81. The van der Waals surface area contributed by atoms with E-state index in [-0.39, 0.29) is 17.2 Å². The maximum absolute atomic E-state index is 13.7. The van der Waals surface area contributed by atoms with E-state index in [1.807, 2.05) is 6.92 Å². The summed E-state index contributed by atoms with van der Waals surface area (Å²) in [4.78, 5) is 4.53. The lowest BCUT2D eigenvalue weighted by Crippen LogP contribution is -2.11. The fraction of sp³-hybridized carbons (Fsp3) is 0.562. The summed E-state index contributed by atoms with van der Waals surface area (Å²) in [6, 6.07) is 3.55. The molecule has 0 bridgehead atoms. The molecule has 116 valence electrons. The Labute approximate surface area is 138 Å². The van der Waals surface area contributed by atoms with Crippen LogP contribution in [0, 0.1) is 11.7 Å². The zero-order valence-corrected chi connectivity index (χ0v) is 15.2. The molecule has 2 rings (SSSR count). The summed E-state index contributed by atoms with van der Waals surface area (Å²) in [5.74, 6) is 1.17. The zero-order valence-electron chi connectivity index (χ0n) is 12.8. The molecule has 0 saturated heterocycles. The quantitative estimate of drug-likeness (QED) is 0.566. The minimum absolute atomic E-state index is 0.208. The van der Waals surface area contributed by atoms with Crippen molar-refractivity contribution in [3.05, 3.63) is 28.2 Å². The Morgan fingerprint density at radius 2 is 1.90 bits per heavy atom. The minimum Gasteiger partial charge on any atom is -0.324 e. The van der Waals surface area contributed by atoms with E-state index in [9.17, 15) is 4.39 Å². The molecule has 21 heavy (non-hydrogen) atoms. The highest BCUT2D eigenvalue weighted by molar-refractivity contribution is 9.10. The fourth-order valence-corrected chi connectivity index (χ4v) is 3.04. The first-order valence-electron chi connectivity index (χ1n) is 7.32. The maximum Gasteiger partial charge on any atom is 0.139 e. The summed E-state index contributed by atoms with van der Waals surface area (Å²) in [5, 5.41) is -0.208. The standard InChI is InChI=1S/C16H21BrClFN2/c1-9(2)5-6-10(3)21-15-7-12(17)13(19)8-14(15)20-16(21)11(4)18/h7-11H,5-6H2,1-4H3. The molecule has 0 amide bonds. The monoisotopic (exact) mass is 374 g/mol. The van der Waals surface area contributed by atoms with Crippen molar-refractivity contribution in [3.63, 3.8) is 0 Å². The third kappa shape index (κ3) is 3.59. The molecule has 0 saturated carbocycles. The van der Waals surface area contributed by atoms with Crippen LogP contribution in [0.2, 0.25) is 0 Å². The Hall–Kier alpha value is -0.610. The van der Waals surface area contributed by atoms with Gasteiger partial charge in [-0.25, -0.2) is 9.37 Å². The summed E-state index contributed by atoms with van der Waals surface area (Å²) >= 11 is 9.54. The van der Waals surface area contributed by atoms with Crippen LogP contribution >= 0.6 is 27.5 Å². The van der Waals surface area contributed by atoms with Crippen molar-refractivity contribution in [2.45, 2.75) is 52.0 Å². The molecule has 1 heterocycles. The van der Waals surface area contributed by atoms with E-state index in [1.165, 1.54) is 6.07 Å². The summed E-state index contributed by atoms with van der Waals surface area (Å²) in [5.41, 5.74) is 1.59. The molecule has 0 fully saturated rings. The van der Waals surface area contributed by atoms with Gasteiger partial charge in [-0.2, -0.15) is 0 Å². The number of hydrogen-bond acceptors (Lipinski definition) is 1. The van der Waals surface area contributed by atoms with Crippen molar-refractivity contribution in [3.8, 4) is 0 Å². The van der Waals surface area contributed by atoms with Gasteiger partial charge in [-0.1, -0.05) is 13.8 Å². The SMILES string of the molecule is CC(C)CCC(C)n1c(C(C)Cl)nc2cc(F)c(Br)cc21. The van der Waals surface area contributed by atoms with Gasteiger partial charge < -0.3 is 4.57 Å². The third-order valence-corrected chi connectivity index (χ3v) is 4.52. The van der Waals surface area contributed by atoms with Gasteiger partial charge in [0.15, 0.2) is 0 Å². The van der Waals surface area contributed by atoms with E-state index in [2.05, 4.69) is 46.3 Å². The fourth-order valence-electron chi connectivity index (χ4n) is 2.56. The molecule has 2 aromatic rings. The lowest BCUT2D eigenvalue weighted by atomic mass is 10.0. The van der Waals surface area contributed by atoms with Gasteiger partial charge in [0.1, 0.15) is 11.6 Å². The van der Waals surface area contributed by atoms with E-state index >= 15 is 0 Å². The highest BCUT2D eigenvalue weighted by atomic mass is 79.9. The van der Waals surface area contributed by atoms with Crippen molar-refractivity contribution in [2.75, 3.05) is 0 Å². The highest BCUT2D eigenvalue weighted by Crippen LogP contribution is 2.32. The van der Waals surface area contributed by atoms with Crippen molar-refractivity contribution < 1.29 is 4.39 Å². The van der Waals surface area contributed by atoms with Gasteiger partial charge in [-0.05, 0) is 54.6 Å². The van der Waals surface area contributed by atoms with Gasteiger partial charge in [0.25, 0.3) is 0 Å². The molecule has 1 aromatic heterocycles. The molecular weight excluding hydrogens is 355 g/mol. The largest absolute Gasteiger partial charge is 0.324 e. The van der Waals surface area contributed by atoms with Crippen molar-refractivity contribution >= 4 is 38.6 Å². The number of nitrogens with zero attached hydrogens (tertiary/aromatic N) is 2. The topological polar surface area (TPSA) is 17.8 Å². The lowest BCUT2D eigenvalue weighted by molar-refractivity contribution is 0.437. The van der Waals surface area contributed by atoms with Gasteiger partial charge in [-0.15, -0.1) is 11.6 Å². The van der Waals surface area contributed by atoms with Gasteiger partial charge in [-0.3, -0.25) is 0 Å². The molecule has 0 aliphatic heterocycles. The first-order valence-corrected chi connectivity index (χ1v) is 8.55. The summed E-state index contributed by atoms with van der Waals surface area (Å²) in [6.45, 7) is 8.51. The molecular formula is C16H21BrClFN2. The second-order valence-electron chi connectivity index (χ2n) is 6.03. The smallest absolute Gasteiger partial charge is 0.139 e. The number of hydrogen-bond donors (Lipinski definition) is 0. The number of fused-ring (bicyclic) bond motifs is 1. The Kier molecular flexibility index (Phi) is 5.31. The Morgan fingerprint density at radius 3 is 2.48 bits per heavy atom. The molecule has 0 N–H and O–H groups in total. The third-order valence-electron chi connectivity index (χ3n) is 3.72. The van der Waals surface area contributed by atoms with Crippen molar-refractivity contribution in [1.82, 2.24) is 9.55 Å². The van der Waals surface area contributed by atoms with Crippen LogP contribution in [-0.2, 0) is 0 Å². The number of alkyl halides is 1. The van der Waals surface area contributed by atoms with Crippen LogP contribution in [0.15, 0.2) is 16.6 Å². The molecule has 0 aliphatic carbocycles. The van der Waals surface area contributed by atoms with E-state index in [4.69, 9.17) is 11.6 Å². The minimum atomic E-state index is -0.296. The van der Waals surface area contributed by atoms with E-state index in [1.54, 1.807) is 6.07 Å². The zero-order chi connectivity index (χ0) is 15.7. The van der Waals surface area contributed by atoms with Crippen LogP contribution in [-0.4, -0.2) is 9.55 Å². The van der Waals surface area contributed by atoms with Crippen LogP contribution in [0.5, 0.6) is 0 Å². The molecule has 1 aromatic carbocycles.